The molecule has 0 unspecified atom stereocenters. The first-order chi connectivity index (χ1) is 20.0. The molecular formula is C38H40IrN2OSi-2. The van der Waals surface area contributed by atoms with Crippen LogP contribution >= 0.6 is 0 Å². The first-order valence-electron chi connectivity index (χ1n) is 14.7. The van der Waals surface area contributed by atoms with Crippen LogP contribution in [-0.4, -0.2) is 18.0 Å². The molecule has 0 spiro atoms. The Morgan fingerprint density at radius 3 is 2.16 bits per heavy atom. The summed E-state index contributed by atoms with van der Waals surface area (Å²) in [7, 11) is -1.57. The molecule has 0 aliphatic carbocycles. The maximum Gasteiger partial charge on any atom is 0.123 e. The fourth-order valence-corrected chi connectivity index (χ4v) is 6.75. The van der Waals surface area contributed by atoms with E-state index in [0.29, 0.717) is 5.92 Å². The number of pyridine rings is 2. The van der Waals surface area contributed by atoms with Gasteiger partial charge in [-0.2, -0.15) is 0 Å². The van der Waals surface area contributed by atoms with Gasteiger partial charge in [0.1, 0.15) is 5.58 Å². The van der Waals surface area contributed by atoms with E-state index < -0.39 is 8.07 Å². The van der Waals surface area contributed by atoms with Crippen molar-refractivity contribution in [2.75, 3.05) is 0 Å². The molecule has 223 valence electrons. The van der Waals surface area contributed by atoms with Crippen LogP contribution in [0.5, 0.6) is 0 Å². The second-order valence-corrected chi connectivity index (χ2v) is 17.6. The van der Waals surface area contributed by atoms with Gasteiger partial charge in [-0.15, -0.1) is 53.2 Å². The number of furan rings is 1. The standard InChI is InChI=1S/C25H28NOSi.C13H12N.Ir/c1-15(2)18-13-17(4)23(26-14-18)20-11-12-21(28(5,6)7)22-19-10-8-9-16(3)24(19)27-25(20)22;1-10-8-13(14-9-11(10)2)12-6-4-3-5-7-12;/h8-10,12-15H,1-7H3;3-6,8-9H,1-2H3;/q2*-1;. The van der Waals surface area contributed by atoms with Crippen molar-refractivity contribution in [3.8, 4) is 22.5 Å². The summed E-state index contributed by atoms with van der Waals surface area (Å²) < 4.78 is 6.49. The van der Waals surface area contributed by atoms with Crippen molar-refractivity contribution < 1.29 is 24.5 Å². The minimum atomic E-state index is -1.57. The summed E-state index contributed by atoms with van der Waals surface area (Å²) in [6.07, 6.45) is 3.90. The molecular weight excluding hydrogens is 721 g/mol. The predicted molar refractivity (Wildman–Crippen MR) is 180 cm³/mol. The molecule has 3 heterocycles. The predicted octanol–water partition coefficient (Wildman–Crippen LogP) is 9.90. The number of nitrogens with zero attached hydrogens (tertiary/aromatic N) is 2. The third-order valence-corrected chi connectivity index (χ3v) is 9.95. The van der Waals surface area contributed by atoms with Crippen LogP contribution in [-0.2, 0) is 20.1 Å². The fourth-order valence-electron chi connectivity index (χ4n) is 5.25. The Kier molecular flexibility index (Phi) is 9.91. The van der Waals surface area contributed by atoms with Crippen molar-refractivity contribution in [2.24, 2.45) is 0 Å². The van der Waals surface area contributed by atoms with Gasteiger partial charge < -0.3 is 14.4 Å². The van der Waals surface area contributed by atoms with Crippen molar-refractivity contribution in [3.63, 3.8) is 0 Å². The first-order valence-corrected chi connectivity index (χ1v) is 18.2. The summed E-state index contributed by atoms with van der Waals surface area (Å²) >= 11 is 0. The Morgan fingerprint density at radius 1 is 0.767 bits per heavy atom. The summed E-state index contributed by atoms with van der Waals surface area (Å²) in [5.41, 5.74) is 12.0. The van der Waals surface area contributed by atoms with Gasteiger partial charge in [0.15, 0.2) is 0 Å². The quantitative estimate of drug-likeness (QED) is 0.133. The van der Waals surface area contributed by atoms with Gasteiger partial charge >= 0.3 is 0 Å². The van der Waals surface area contributed by atoms with Crippen LogP contribution in [0, 0.1) is 39.8 Å². The molecule has 6 aromatic rings. The van der Waals surface area contributed by atoms with Gasteiger partial charge in [-0.3, -0.25) is 0 Å². The van der Waals surface area contributed by atoms with Crippen molar-refractivity contribution >= 4 is 35.2 Å². The molecule has 0 saturated heterocycles. The van der Waals surface area contributed by atoms with Gasteiger partial charge in [-0.1, -0.05) is 85.9 Å². The second kappa shape index (κ2) is 13.1. The van der Waals surface area contributed by atoms with Crippen LogP contribution in [0.25, 0.3) is 44.5 Å². The molecule has 0 aliphatic heterocycles. The van der Waals surface area contributed by atoms with Crippen LogP contribution in [0.2, 0.25) is 19.6 Å². The molecule has 3 aromatic carbocycles. The van der Waals surface area contributed by atoms with Crippen LogP contribution in [0.15, 0.2) is 77.5 Å². The molecule has 0 saturated carbocycles. The fraction of sp³-hybridized carbons (Fsp3) is 0.263. The Balaban J connectivity index is 0.000000238. The van der Waals surface area contributed by atoms with E-state index in [-0.39, 0.29) is 20.1 Å². The van der Waals surface area contributed by atoms with Gasteiger partial charge in [-0.05, 0) is 61.7 Å². The van der Waals surface area contributed by atoms with E-state index in [1.54, 1.807) is 0 Å². The smallest absolute Gasteiger partial charge is 0.123 e. The monoisotopic (exact) mass is 761 g/mol. The largest absolute Gasteiger partial charge is 0.500 e. The number of rotatable bonds is 4. The Morgan fingerprint density at radius 2 is 1.53 bits per heavy atom. The third-order valence-electron chi connectivity index (χ3n) is 7.94. The van der Waals surface area contributed by atoms with Crippen molar-refractivity contribution in [1.29, 1.82) is 0 Å². The van der Waals surface area contributed by atoms with Gasteiger partial charge in [0, 0.05) is 46.0 Å². The van der Waals surface area contributed by atoms with E-state index >= 15 is 0 Å². The van der Waals surface area contributed by atoms with Gasteiger partial charge in [-0.25, -0.2) is 0 Å². The number of fused-ring (bicyclic) bond motifs is 3. The molecule has 43 heavy (non-hydrogen) atoms. The van der Waals surface area contributed by atoms with E-state index in [1.807, 2.05) is 36.7 Å². The zero-order valence-electron chi connectivity index (χ0n) is 26.6. The summed E-state index contributed by atoms with van der Waals surface area (Å²) in [5, 5.41) is 3.85. The molecule has 0 amide bonds. The number of hydrogen-bond donors (Lipinski definition) is 0. The molecule has 0 bridgehead atoms. The summed E-state index contributed by atoms with van der Waals surface area (Å²) in [4.78, 5) is 9.20. The zero-order chi connectivity index (χ0) is 30.2. The van der Waals surface area contributed by atoms with E-state index in [1.165, 1.54) is 43.8 Å². The third kappa shape index (κ3) is 6.75. The van der Waals surface area contributed by atoms with Crippen LogP contribution in [0.4, 0.5) is 0 Å². The molecule has 3 aromatic heterocycles. The Bertz CT molecular complexity index is 1880. The van der Waals surface area contributed by atoms with E-state index in [2.05, 4.69) is 115 Å². The minimum Gasteiger partial charge on any atom is -0.500 e. The molecule has 0 fully saturated rings. The second-order valence-electron chi connectivity index (χ2n) is 12.6. The van der Waals surface area contributed by atoms with E-state index in [4.69, 9.17) is 9.40 Å². The normalized spacial score (nSPS) is 11.4. The number of hydrogen-bond acceptors (Lipinski definition) is 3. The van der Waals surface area contributed by atoms with Crippen molar-refractivity contribution in [1.82, 2.24) is 9.97 Å². The average molecular weight is 761 g/mol. The molecule has 0 atom stereocenters. The summed E-state index contributed by atoms with van der Waals surface area (Å²) in [5.74, 6) is 0.465. The van der Waals surface area contributed by atoms with E-state index in [9.17, 15) is 0 Å². The molecule has 1 radical (unpaired) electrons. The van der Waals surface area contributed by atoms with Crippen LogP contribution in [0.3, 0.4) is 0 Å². The summed E-state index contributed by atoms with van der Waals surface area (Å²) in [6.45, 7) is 20.0. The average Bonchev–Trinajstić information content (AvgIpc) is 3.35. The Labute approximate surface area is 271 Å². The number of benzene rings is 3. The summed E-state index contributed by atoms with van der Waals surface area (Å²) in [6, 6.07) is 27.6. The van der Waals surface area contributed by atoms with Gasteiger partial charge in [0.25, 0.3) is 0 Å². The molecule has 0 N–H and O–H groups in total. The number of aryl methyl sites for hydroxylation is 4. The van der Waals surface area contributed by atoms with Crippen molar-refractivity contribution in [2.45, 2.75) is 67.1 Å². The first kappa shape index (κ1) is 32.5. The molecule has 5 heteroatoms. The number of para-hydroxylation sites is 1. The maximum absolute atomic E-state index is 6.49. The van der Waals surface area contributed by atoms with Crippen LogP contribution in [0.1, 0.15) is 47.6 Å². The van der Waals surface area contributed by atoms with Gasteiger partial charge in [0.05, 0.1) is 5.58 Å². The topological polar surface area (TPSA) is 38.9 Å². The van der Waals surface area contributed by atoms with Gasteiger partial charge in [0.2, 0.25) is 0 Å². The van der Waals surface area contributed by atoms with Crippen molar-refractivity contribution in [3.05, 3.63) is 113 Å². The van der Waals surface area contributed by atoms with E-state index in [0.717, 1.165) is 33.7 Å². The molecule has 0 aliphatic rings. The zero-order valence-corrected chi connectivity index (χ0v) is 30.0. The molecule has 3 nitrogen and oxygen atoms in total. The Hall–Kier alpha value is -3.37. The minimum absolute atomic E-state index is 0. The SMILES string of the molecule is Cc1cc(C(C)C)cnc1-c1[c-]cc([Si](C)(C)C)c2c1oc1c(C)cccc12.Cc1cnc(-c2[c-]cccc2)cc1C.[Ir]. The van der Waals surface area contributed by atoms with Crippen LogP contribution < -0.4 is 5.19 Å². The maximum atomic E-state index is 6.49. The number of aromatic nitrogens is 2. The molecule has 6 rings (SSSR count).